The number of hydrogen-bond acceptors (Lipinski definition) is 2. The fourth-order valence-electron chi connectivity index (χ4n) is 3.14. The summed E-state index contributed by atoms with van der Waals surface area (Å²) >= 11 is 0. The number of hydrogen-bond donors (Lipinski definition) is 1. The van der Waals surface area contributed by atoms with Crippen LogP contribution in [-0.2, 0) is 0 Å². The van der Waals surface area contributed by atoms with Crippen LogP contribution in [0.25, 0.3) is 0 Å². The highest BCUT2D eigenvalue weighted by molar-refractivity contribution is 5.20. The number of nitrogens with zero attached hydrogens (tertiary/aromatic N) is 1. The number of fused-ring (bicyclic) bond motifs is 1. The first-order valence-corrected chi connectivity index (χ1v) is 6.46. The van der Waals surface area contributed by atoms with Gasteiger partial charge < -0.3 is 5.32 Å². The molecule has 2 heteroatoms. The average Bonchev–Trinajstić information content (AvgIpc) is 2.39. The second kappa shape index (κ2) is 4.56. The molecule has 0 radical (unpaired) electrons. The normalized spacial score (nSPS) is 31.0. The van der Waals surface area contributed by atoms with Gasteiger partial charge in [-0.15, -0.1) is 0 Å². The van der Waals surface area contributed by atoms with Crippen molar-refractivity contribution >= 4 is 0 Å². The van der Waals surface area contributed by atoms with Gasteiger partial charge in [-0.3, -0.25) is 4.90 Å². The molecule has 2 nitrogen and oxygen atoms in total. The predicted molar refractivity (Wildman–Crippen MR) is 66.4 cm³/mol. The summed E-state index contributed by atoms with van der Waals surface area (Å²) in [6, 6.07) is 12.3. The maximum Gasteiger partial charge on any atom is 0.0476 e. The van der Waals surface area contributed by atoms with Crippen molar-refractivity contribution in [2.75, 3.05) is 19.6 Å². The summed E-state index contributed by atoms with van der Waals surface area (Å²) in [5, 5.41) is 3.59. The number of benzene rings is 1. The van der Waals surface area contributed by atoms with E-state index >= 15 is 0 Å². The highest BCUT2D eigenvalue weighted by Gasteiger charge is 2.32. The van der Waals surface area contributed by atoms with Gasteiger partial charge in [-0.25, -0.2) is 0 Å². The number of piperidine rings is 1. The van der Waals surface area contributed by atoms with E-state index in [2.05, 4.69) is 40.5 Å². The van der Waals surface area contributed by atoms with Gasteiger partial charge in [0.2, 0.25) is 0 Å². The summed E-state index contributed by atoms with van der Waals surface area (Å²) in [7, 11) is 0. The Bertz CT molecular complexity index is 334. The molecule has 2 saturated heterocycles. The van der Waals surface area contributed by atoms with E-state index in [1.807, 2.05) is 0 Å². The van der Waals surface area contributed by atoms with Crippen molar-refractivity contribution in [1.82, 2.24) is 10.2 Å². The van der Waals surface area contributed by atoms with Crippen LogP contribution in [0.1, 0.15) is 30.9 Å². The summed E-state index contributed by atoms with van der Waals surface area (Å²) in [6.07, 6.45) is 4.15. The third-order valence-electron chi connectivity index (χ3n) is 3.98. The molecule has 1 N–H and O–H groups in total. The molecule has 16 heavy (non-hydrogen) atoms. The van der Waals surface area contributed by atoms with Crippen LogP contribution in [0.3, 0.4) is 0 Å². The fourth-order valence-corrected chi connectivity index (χ4v) is 3.14. The van der Waals surface area contributed by atoms with E-state index < -0.39 is 0 Å². The lowest BCUT2D eigenvalue weighted by molar-refractivity contribution is 0.0643. The van der Waals surface area contributed by atoms with Gasteiger partial charge in [0.1, 0.15) is 0 Å². The number of nitrogens with one attached hydrogen (secondary N) is 1. The maximum absolute atomic E-state index is 3.59. The van der Waals surface area contributed by atoms with Crippen LogP contribution >= 0.6 is 0 Å². The Morgan fingerprint density at radius 3 is 2.81 bits per heavy atom. The van der Waals surface area contributed by atoms with E-state index in [0.717, 1.165) is 12.6 Å². The van der Waals surface area contributed by atoms with Gasteiger partial charge in [0.25, 0.3) is 0 Å². The molecule has 2 heterocycles. The first kappa shape index (κ1) is 10.3. The van der Waals surface area contributed by atoms with E-state index in [1.165, 1.54) is 37.9 Å². The van der Waals surface area contributed by atoms with Crippen LogP contribution in [-0.4, -0.2) is 30.6 Å². The SMILES string of the molecule is c1ccc(C2CNCC3CCCCN32)cc1. The molecular weight excluding hydrogens is 196 g/mol. The van der Waals surface area contributed by atoms with Crippen LogP contribution in [0.15, 0.2) is 30.3 Å². The fraction of sp³-hybridized carbons (Fsp3) is 0.571. The van der Waals surface area contributed by atoms with Gasteiger partial charge in [-0.1, -0.05) is 36.8 Å². The van der Waals surface area contributed by atoms with Crippen molar-refractivity contribution < 1.29 is 0 Å². The lowest BCUT2D eigenvalue weighted by Gasteiger charge is -2.45. The Labute approximate surface area is 97.6 Å². The molecule has 0 saturated carbocycles. The standard InChI is InChI=1S/C14H20N2/c1-2-6-12(7-3-1)14-11-15-10-13-8-4-5-9-16(13)14/h1-3,6-7,13-15H,4-5,8-11H2. The quantitative estimate of drug-likeness (QED) is 0.774. The van der Waals surface area contributed by atoms with Gasteiger partial charge in [0.15, 0.2) is 0 Å². The summed E-state index contributed by atoms with van der Waals surface area (Å²) in [5.74, 6) is 0. The average molecular weight is 216 g/mol. The van der Waals surface area contributed by atoms with E-state index in [0.29, 0.717) is 6.04 Å². The van der Waals surface area contributed by atoms with Gasteiger partial charge in [-0.2, -0.15) is 0 Å². The monoisotopic (exact) mass is 216 g/mol. The molecule has 0 amide bonds. The van der Waals surface area contributed by atoms with Crippen molar-refractivity contribution in [1.29, 1.82) is 0 Å². The van der Waals surface area contributed by atoms with Crippen LogP contribution in [0, 0.1) is 0 Å². The molecule has 2 atom stereocenters. The molecule has 2 unspecified atom stereocenters. The molecular formula is C14H20N2. The predicted octanol–water partition coefficient (Wildman–Crippen LogP) is 2.19. The smallest absolute Gasteiger partial charge is 0.0476 e. The van der Waals surface area contributed by atoms with Gasteiger partial charge >= 0.3 is 0 Å². The van der Waals surface area contributed by atoms with Crippen LogP contribution in [0.4, 0.5) is 0 Å². The molecule has 1 aromatic carbocycles. The Morgan fingerprint density at radius 1 is 1.06 bits per heavy atom. The maximum atomic E-state index is 3.59. The number of piperazine rings is 1. The van der Waals surface area contributed by atoms with Gasteiger partial charge in [0, 0.05) is 25.2 Å². The molecule has 0 spiro atoms. The van der Waals surface area contributed by atoms with E-state index in [4.69, 9.17) is 0 Å². The third kappa shape index (κ3) is 1.87. The van der Waals surface area contributed by atoms with Crippen LogP contribution in [0.2, 0.25) is 0 Å². The minimum absolute atomic E-state index is 0.597. The van der Waals surface area contributed by atoms with Crippen molar-refractivity contribution in [3.8, 4) is 0 Å². The highest BCUT2D eigenvalue weighted by atomic mass is 15.3. The topological polar surface area (TPSA) is 15.3 Å². The molecule has 2 aliphatic rings. The summed E-state index contributed by atoms with van der Waals surface area (Å²) in [4.78, 5) is 2.72. The lowest BCUT2D eigenvalue weighted by Crippen LogP contribution is -2.54. The molecule has 3 rings (SSSR count). The minimum Gasteiger partial charge on any atom is -0.313 e. The third-order valence-corrected chi connectivity index (χ3v) is 3.98. The Hall–Kier alpha value is -0.860. The van der Waals surface area contributed by atoms with E-state index in [9.17, 15) is 0 Å². The summed E-state index contributed by atoms with van der Waals surface area (Å²) in [5.41, 5.74) is 1.47. The molecule has 86 valence electrons. The first-order chi connectivity index (χ1) is 7.95. The number of rotatable bonds is 1. The van der Waals surface area contributed by atoms with Gasteiger partial charge in [-0.05, 0) is 24.9 Å². The second-order valence-corrected chi connectivity index (χ2v) is 4.97. The Kier molecular flexibility index (Phi) is 2.94. The van der Waals surface area contributed by atoms with Crippen molar-refractivity contribution in [2.24, 2.45) is 0 Å². The molecule has 1 aromatic rings. The molecule has 0 aliphatic carbocycles. The first-order valence-electron chi connectivity index (χ1n) is 6.46. The van der Waals surface area contributed by atoms with E-state index in [-0.39, 0.29) is 0 Å². The summed E-state index contributed by atoms with van der Waals surface area (Å²) < 4.78 is 0. The zero-order valence-electron chi connectivity index (χ0n) is 9.73. The van der Waals surface area contributed by atoms with Crippen molar-refractivity contribution in [3.05, 3.63) is 35.9 Å². The minimum atomic E-state index is 0.597. The molecule has 0 aromatic heterocycles. The van der Waals surface area contributed by atoms with Crippen molar-refractivity contribution in [3.63, 3.8) is 0 Å². The Morgan fingerprint density at radius 2 is 1.94 bits per heavy atom. The molecule has 0 bridgehead atoms. The summed E-state index contributed by atoms with van der Waals surface area (Å²) in [6.45, 7) is 3.58. The van der Waals surface area contributed by atoms with Crippen LogP contribution in [0.5, 0.6) is 0 Å². The second-order valence-electron chi connectivity index (χ2n) is 4.97. The molecule has 2 fully saturated rings. The van der Waals surface area contributed by atoms with E-state index in [1.54, 1.807) is 0 Å². The van der Waals surface area contributed by atoms with Crippen LogP contribution < -0.4 is 5.32 Å². The zero-order chi connectivity index (χ0) is 10.8. The zero-order valence-corrected chi connectivity index (χ0v) is 9.73. The van der Waals surface area contributed by atoms with Gasteiger partial charge in [0.05, 0.1) is 0 Å². The molecule has 2 aliphatic heterocycles. The lowest BCUT2D eigenvalue weighted by atomic mass is 9.93. The van der Waals surface area contributed by atoms with Crippen molar-refractivity contribution in [2.45, 2.75) is 31.3 Å². The largest absolute Gasteiger partial charge is 0.313 e. The Balaban J connectivity index is 1.83. The highest BCUT2D eigenvalue weighted by Crippen LogP contribution is 2.30.